The summed E-state index contributed by atoms with van der Waals surface area (Å²) in [6, 6.07) is 4.96. The fraction of sp³-hybridized carbons (Fsp3) is 0.533. The van der Waals surface area contributed by atoms with Crippen molar-refractivity contribution in [3.63, 3.8) is 0 Å². The highest BCUT2D eigenvalue weighted by atomic mass is 16.4. The Balaban J connectivity index is 2.16. The lowest BCUT2D eigenvalue weighted by molar-refractivity contribution is 0.0698. The van der Waals surface area contributed by atoms with Crippen LogP contribution in [0, 0.1) is 16.7 Å². The van der Waals surface area contributed by atoms with Crippen molar-refractivity contribution in [1.82, 2.24) is 0 Å². The molecule has 1 fully saturated rings. The highest BCUT2D eigenvalue weighted by Crippen LogP contribution is 2.68. The van der Waals surface area contributed by atoms with E-state index >= 15 is 0 Å². The quantitative estimate of drug-likeness (QED) is 0.729. The number of hydrogen-bond acceptors (Lipinski definition) is 3. The third kappa shape index (κ3) is 2.05. The summed E-state index contributed by atoms with van der Waals surface area (Å²) in [6.07, 6.45) is 0. The van der Waals surface area contributed by atoms with Crippen LogP contribution < -0.4 is 11.1 Å². The second kappa shape index (κ2) is 4.15. The van der Waals surface area contributed by atoms with Gasteiger partial charge in [-0.05, 0) is 28.9 Å². The number of carboxylic acids is 1. The van der Waals surface area contributed by atoms with Crippen molar-refractivity contribution in [1.29, 1.82) is 0 Å². The van der Waals surface area contributed by atoms with Gasteiger partial charge in [0.25, 0.3) is 0 Å². The number of nitrogen functional groups attached to an aromatic ring is 1. The van der Waals surface area contributed by atoms with Crippen LogP contribution in [0.2, 0.25) is 0 Å². The fourth-order valence-electron chi connectivity index (χ4n) is 2.99. The van der Waals surface area contributed by atoms with Crippen molar-refractivity contribution in [2.45, 2.75) is 27.7 Å². The van der Waals surface area contributed by atoms with Crippen LogP contribution in [0.3, 0.4) is 0 Å². The van der Waals surface area contributed by atoms with E-state index < -0.39 is 5.97 Å². The number of nitrogens with two attached hydrogens (primary N) is 1. The molecule has 0 spiro atoms. The number of nitrogens with one attached hydrogen (secondary N) is 1. The van der Waals surface area contributed by atoms with Gasteiger partial charge in [-0.3, -0.25) is 0 Å². The molecule has 1 aliphatic rings. The zero-order valence-electron chi connectivity index (χ0n) is 11.9. The van der Waals surface area contributed by atoms with Crippen LogP contribution in [-0.2, 0) is 0 Å². The molecule has 104 valence electrons. The molecule has 0 radical (unpaired) electrons. The molecule has 4 N–H and O–H groups in total. The van der Waals surface area contributed by atoms with E-state index in [-0.39, 0.29) is 16.4 Å². The van der Waals surface area contributed by atoms with Crippen molar-refractivity contribution in [3.05, 3.63) is 23.8 Å². The van der Waals surface area contributed by atoms with E-state index in [1.54, 1.807) is 18.2 Å². The Morgan fingerprint density at radius 1 is 1.32 bits per heavy atom. The third-order valence-electron chi connectivity index (χ3n) is 5.13. The molecule has 2 rings (SSSR count). The Bertz CT molecular complexity index is 507. The van der Waals surface area contributed by atoms with Crippen LogP contribution in [0.25, 0.3) is 0 Å². The molecule has 0 bridgehead atoms. The van der Waals surface area contributed by atoms with Gasteiger partial charge in [-0.1, -0.05) is 33.8 Å². The highest BCUT2D eigenvalue weighted by Gasteiger charge is 2.64. The Labute approximate surface area is 114 Å². The van der Waals surface area contributed by atoms with Crippen LogP contribution in [0.5, 0.6) is 0 Å². The average molecular weight is 262 g/mol. The molecule has 1 aromatic carbocycles. The normalized spacial score (nSPS) is 20.0. The van der Waals surface area contributed by atoms with Gasteiger partial charge in [0.2, 0.25) is 0 Å². The van der Waals surface area contributed by atoms with E-state index in [0.29, 0.717) is 17.3 Å². The maximum atomic E-state index is 11.2. The summed E-state index contributed by atoms with van der Waals surface area (Å²) < 4.78 is 0. The Hall–Kier alpha value is -1.71. The molecule has 0 aliphatic heterocycles. The predicted octanol–water partition coefficient (Wildman–Crippen LogP) is 3.06. The number of carboxylic acid groups (broad SMARTS) is 1. The summed E-state index contributed by atoms with van der Waals surface area (Å²) in [5.41, 5.74) is 7.67. The summed E-state index contributed by atoms with van der Waals surface area (Å²) in [4.78, 5) is 11.2. The lowest BCUT2D eigenvalue weighted by Gasteiger charge is -2.13. The monoisotopic (exact) mass is 262 g/mol. The van der Waals surface area contributed by atoms with Crippen molar-refractivity contribution in [2.75, 3.05) is 17.6 Å². The van der Waals surface area contributed by atoms with Gasteiger partial charge in [-0.2, -0.15) is 0 Å². The molecule has 0 heterocycles. The highest BCUT2D eigenvalue weighted by molar-refractivity contribution is 5.97. The first-order chi connectivity index (χ1) is 8.69. The standard InChI is InChI=1S/C15H22N2O2/c1-14(2)11(15(14,3)4)8-17-12-9(13(18)19)6-5-7-10(12)16/h5-7,11,17H,8,16H2,1-4H3,(H,18,19). The molecule has 0 aromatic heterocycles. The molecule has 1 aromatic rings. The summed E-state index contributed by atoms with van der Waals surface area (Å²) in [5.74, 6) is -0.439. The van der Waals surface area contributed by atoms with Gasteiger partial charge in [-0.25, -0.2) is 4.79 Å². The first-order valence-corrected chi connectivity index (χ1v) is 6.55. The maximum Gasteiger partial charge on any atom is 0.337 e. The fourth-order valence-corrected chi connectivity index (χ4v) is 2.99. The first-order valence-electron chi connectivity index (χ1n) is 6.55. The zero-order chi connectivity index (χ0) is 14.4. The molecular formula is C15H22N2O2. The topological polar surface area (TPSA) is 75.3 Å². The second-order valence-electron chi connectivity index (χ2n) is 6.45. The molecule has 1 saturated carbocycles. The second-order valence-corrected chi connectivity index (χ2v) is 6.45. The molecular weight excluding hydrogens is 240 g/mol. The summed E-state index contributed by atoms with van der Waals surface area (Å²) >= 11 is 0. The number of para-hydroxylation sites is 1. The zero-order valence-corrected chi connectivity index (χ0v) is 11.9. The smallest absolute Gasteiger partial charge is 0.337 e. The van der Waals surface area contributed by atoms with Crippen LogP contribution >= 0.6 is 0 Å². The van der Waals surface area contributed by atoms with E-state index in [2.05, 4.69) is 33.0 Å². The molecule has 0 atom stereocenters. The number of benzene rings is 1. The number of aromatic carboxylic acids is 1. The van der Waals surface area contributed by atoms with E-state index in [4.69, 9.17) is 5.73 Å². The minimum Gasteiger partial charge on any atom is -0.478 e. The largest absolute Gasteiger partial charge is 0.478 e. The molecule has 19 heavy (non-hydrogen) atoms. The number of anilines is 2. The van der Waals surface area contributed by atoms with Gasteiger partial charge in [0.1, 0.15) is 0 Å². The minimum atomic E-state index is -0.955. The van der Waals surface area contributed by atoms with E-state index in [1.807, 2.05) is 0 Å². The van der Waals surface area contributed by atoms with Crippen molar-refractivity contribution in [3.8, 4) is 0 Å². The maximum absolute atomic E-state index is 11.2. The first kappa shape index (κ1) is 13.7. The molecule has 0 unspecified atom stereocenters. The molecule has 0 amide bonds. The minimum absolute atomic E-state index is 0.233. The van der Waals surface area contributed by atoms with Crippen molar-refractivity contribution in [2.24, 2.45) is 16.7 Å². The summed E-state index contributed by atoms with van der Waals surface area (Å²) in [7, 11) is 0. The SMILES string of the molecule is CC1(C)C(CNc2c(N)cccc2C(=O)O)C1(C)C. The van der Waals surface area contributed by atoms with Crippen LogP contribution in [-0.4, -0.2) is 17.6 Å². The molecule has 1 aliphatic carbocycles. The Morgan fingerprint density at radius 3 is 2.37 bits per heavy atom. The van der Waals surface area contributed by atoms with Crippen LogP contribution in [0.15, 0.2) is 18.2 Å². The molecule has 0 saturated heterocycles. The predicted molar refractivity (Wildman–Crippen MR) is 77.4 cm³/mol. The van der Waals surface area contributed by atoms with Crippen molar-refractivity contribution < 1.29 is 9.90 Å². The van der Waals surface area contributed by atoms with E-state index in [9.17, 15) is 9.90 Å². The number of hydrogen-bond donors (Lipinski definition) is 3. The summed E-state index contributed by atoms with van der Waals surface area (Å²) in [5, 5.41) is 12.4. The average Bonchev–Trinajstić information content (AvgIpc) is 2.68. The lowest BCUT2D eigenvalue weighted by Crippen LogP contribution is -2.13. The molecule has 4 nitrogen and oxygen atoms in total. The number of rotatable bonds is 4. The third-order valence-corrected chi connectivity index (χ3v) is 5.13. The summed E-state index contributed by atoms with van der Waals surface area (Å²) in [6.45, 7) is 9.71. The van der Waals surface area contributed by atoms with Gasteiger partial charge < -0.3 is 16.2 Å². The number of carbonyl (C=O) groups is 1. The van der Waals surface area contributed by atoms with Gasteiger partial charge in [0.05, 0.1) is 16.9 Å². The van der Waals surface area contributed by atoms with Gasteiger partial charge in [-0.15, -0.1) is 0 Å². The van der Waals surface area contributed by atoms with Crippen LogP contribution in [0.4, 0.5) is 11.4 Å². The molecule has 4 heteroatoms. The van der Waals surface area contributed by atoms with Gasteiger partial charge >= 0.3 is 5.97 Å². The lowest BCUT2D eigenvalue weighted by atomic mass is 10.0. The van der Waals surface area contributed by atoms with Gasteiger partial charge in [0.15, 0.2) is 0 Å². The van der Waals surface area contributed by atoms with E-state index in [0.717, 1.165) is 6.54 Å². The Morgan fingerprint density at radius 2 is 1.89 bits per heavy atom. The van der Waals surface area contributed by atoms with Crippen LogP contribution in [0.1, 0.15) is 38.1 Å². The van der Waals surface area contributed by atoms with E-state index in [1.165, 1.54) is 0 Å². The van der Waals surface area contributed by atoms with Crippen molar-refractivity contribution >= 4 is 17.3 Å². The van der Waals surface area contributed by atoms with Gasteiger partial charge in [0, 0.05) is 6.54 Å². The Kier molecular flexibility index (Phi) is 3.00.